The number of imidazole rings is 1. The lowest BCUT2D eigenvalue weighted by Crippen LogP contribution is -2.43. The Hall–Kier alpha value is -4.11. The molecule has 0 atom stereocenters. The van der Waals surface area contributed by atoms with Crippen LogP contribution < -0.4 is 10.6 Å². The molecule has 0 unspecified atom stereocenters. The van der Waals surface area contributed by atoms with Crippen molar-refractivity contribution in [3.05, 3.63) is 78.1 Å². The molecule has 38 heavy (non-hydrogen) atoms. The summed E-state index contributed by atoms with van der Waals surface area (Å²) < 4.78 is 9.87. The van der Waals surface area contributed by atoms with Gasteiger partial charge in [-0.3, -0.25) is 4.79 Å². The second-order valence-electron chi connectivity index (χ2n) is 10.0. The van der Waals surface area contributed by atoms with Gasteiger partial charge in [-0.15, -0.1) is 0 Å². The lowest BCUT2D eigenvalue weighted by molar-refractivity contribution is 0.0938. The Morgan fingerprint density at radius 2 is 1.84 bits per heavy atom. The van der Waals surface area contributed by atoms with Crippen molar-refractivity contribution in [1.29, 1.82) is 0 Å². The molecule has 1 aliphatic heterocycles. The Balaban J connectivity index is 1.03. The van der Waals surface area contributed by atoms with Crippen molar-refractivity contribution in [1.82, 2.24) is 29.3 Å². The summed E-state index contributed by atoms with van der Waals surface area (Å²) in [5, 5.41) is 7.88. The zero-order chi connectivity index (χ0) is 26.1. The Morgan fingerprint density at radius 3 is 2.61 bits per heavy atom. The van der Waals surface area contributed by atoms with Gasteiger partial charge in [0.05, 0.1) is 23.8 Å². The van der Waals surface area contributed by atoms with Gasteiger partial charge in [0.2, 0.25) is 5.95 Å². The summed E-state index contributed by atoms with van der Waals surface area (Å²) in [6, 6.07) is 18.5. The maximum absolute atomic E-state index is 12.8. The number of benzene rings is 2. The normalized spacial score (nSPS) is 14.9. The molecule has 5 aromatic rings. The number of likely N-dealkylation sites (tertiary alicyclic amines) is 1. The first-order valence-electron chi connectivity index (χ1n) is 13.2. The summed E-state index contributed by atoms with van der Waals surface area (Å²) in [7, 11) is 1.94. The van der Waals surface area contributed by atoms with Crippen molar-refractivity contribution >= 4 is 33.8 Å². The number of piperidine rings is 1. The van der Waals surface area contributed by atoms with Crippen molar-refractivity contribution < 1.29 is 9.21 Å². The zero-order valence-corrected chi connectivity index (χ0v) is 21.9. The van der Waals surface area contributed by atoms with Gasteiger partial charge < -0.3 is 29.1 Å². The molecule has 2 N–H and O–H groups in total. The summed E-state index contributed by atoms with van der Waals surface area (Å²) in [6.07, 6.45) is 3.81. The maximum Gasteiger partial charge on any atom is 0.267 e. The molecule has 6 rings (SSSR count). The van der Waals surface area contributed by atoms with Gasteiger partial charge in [0, 0.05) is 57.1 Å². The van der Waals surface area contributed by atoms with Gasteiger partial charge in [0.25, 0.3) is 5.91 Å². The maximum atomic E-state index is 12.8. The monoisotopic (exact) mass is 511 g/mol. The topological polar surface area (TPSA) is 93.2 Å². The van der Waals surface area contributed by atoms with E-state index >= 15 is 0 Å². The minimum atomic E-state index is -0.0268. The van der Waals surface area contributed by atoms with E-state index in [0.717, 1.165) is 66.1 Å². The molecule has 9 nitrogen and oxygen atoms in total. The van der Waals surface area contributed by atoms with Crippen LogP contribution in [-0.2, 0) is 13.6 Å². The molecule has 0 saturated carbocycles. The van der Waals surface area contributed by atoms with Gasteiger partial charge in [-0.2, -0.15) is 0 Å². The number of aromatic nitrogens is 4. The number of amides is 1. The van der Waals surface area contributed by atoms with E-state index in [1.807, 2.05) is 67.1 Å². The first-order chi connectivity index (χ1) is 18.5. The van der Waals surface area contributed by atoms with Gasteiger partial charge in [0.15, 0.2) is 5.89 Å². The zero-order valence-electron chi connectivity index (χ0n) is 21.9. The van der Waals surface area contributed by atoms with Crippen LogP contribution in [0.2, 0.25) is 0 Å². The highest BCUT2D eigenvalue weighted by Crippen LogP contribution is 2.24. The van der Waals surface area contributed by atoms with Gasteiger partial charge in [0.1, 0.15) is 11.5 Å². The number of oxazole rings is 1. The molecule has 4 heterocycles. The minimum Gasteiger partial charge on any atom is -0.444 e. The number of nitrogens with zero attached hydrogens (tertiary/aromatic N) is 5. The Bertz CT molecular complexity index is 1570. The number of nitrogens with one attached hydrogen (secondary N) is 2. The predicted octanol–water partition coefficient (Wildman–Crippen LogP) is 4.18. The van der Waals surface area contributed by atoms with Crippen LogP contribution in [0.3, 0.4) is 0 Å². The van der Waals surface area contributed by atoms with Crippen molar-refractivity contribution in [2.45, 2.75) is 32.4 Å². The summed E-state index contributed by atoms with van der Waals surface area (Å²) in [6.45, 7) is 5.86. The number of carbonyl (C=O) groups excluding carboxylic acids is 1. The molecular formula is C29H33N7O2. The third-order valence-electron chi connectivity index (χ3n) is 7.46. The van der Waals surface area contributed by atoms with E-state index in [2.05, 4.69) is 31.2 Å². The molecule has 0 bridgehead atoms. The van der Waals surface area contributed by atoms with E-state index in [9.17, 15) is 4.79 Å². The smallest absolute Gasteiger partial charge is 0.267 e. The number of rotatable bonds is 8. The largest absolute Gasteiger partial charge is 0.444 e. The molecule has 1 amide bonds. The third-order valence-corrected chi connectivity index (χ3v) is 7.46. The van der Waals surface area contributed by atoms with Crippen molar-refractivity contribution in [3.63, 3.8) is 0 Å². The molecule has 196 valence electrons. The Morgan fingerprint density at radius 1 is 1.08 bits per heavy atom. The standard InChI is InChI=1S/C29H33N7O2/c1-20-31-18-23(38-20)19-36-26-10-6-4-8-24(26)33-29(36)32-22-11-14-35(15-12-22)16-13-30-28(37)27-17-21-7-3-5-9-25(21)34(27)2/h3-10,17-18,22H,11-16,19H2,1-2H3,(H,30,37)(H,32,33). The summed E-state index contributed by atoms with van der Waals surface area (Å²) in [4.78, 5) is 24.3. The van der Waals surface area contributed by atoms with E-state index in [1.54, 1.807) is 6.20 Å². The highest BCUT2D eigenvalue weighted by atomic mass is 16.4. The minimum absolute atomic E-state index is 0.0268. The van der Waals surface area contributed by atoms with Crippen molar-refractivity contribution in [3.8, 4) is 0 Å². The number of hydrogen-bond acceptors (Lipinski definition) is 6. The van der Waals surface area contributed by atoms with E-state index in [0.29, 0.717) is 30.7 Å². The SMILES string of the molecule is Cc1ncc(Cn2c(NC3CCN(CCNC(=O)c4cc5ccccc5n4C)CC3)nc3ccccc32)o1. The molecule has 1 saturated heterocycles. The highest BCUT2D eigenvalue weighted by molar-refractivity contribution is 5.98. The summed E-state index contributed by atoms with van der Waals surface area (Å²) in [5.74, 6) is 2.32. The molecule has 0 aliphatic carbocycles. The second-order valence-corrected chi connectivity index (χ2v) is 10.0. The fourth-order valence-corrected chi connectivity index (χ4v) is 5.39. The lowest BCUT2D eigenvalue weighted by atomic mass is 10.1. The molecule has 3 aromatic heterocycles. The third kappa shape index (κ3) is 4.89. The lowest BCUT2D eigenvalue weighted by Gasteiger charge is -2.32. The van der Waals surface area contributed by atoms with Gasteiger partial charge in [-0.1, -0.05) is 30.3 Å². The first-order valence-corrected chi connectivity index (χ1v) is 13.2. The molecule has 1 aliphatic rings. The first kappa shape index (κ1) is 24.2. The van der Waals surface area contributed by atoms with E-state index in [4.69, 9.17) is 9.40 Å². The second kappa shape index (κ2) is 10.3. The molecule has 2 aromatic carbocycles. The fourth-order valence-electron chi connectivity index (χ4n) is 5.39. The van der Waals surface area contributed by atoms with Crippen LogP contribution in [0.25, 0.3) is 21.9 Å². The van der Waals surface area contributed by atoms with Crippen molar-refractivity contribution in [2.24, 2.45) is 7.05 Å². The average Bonchev–Trinajstić information content (AvgIpc) is 3.61. The number of fused-ring (bicyclic) bond motifs is 2. The van der Waals surface area contributed by atoms with Crippen LogP contribution in [0, 0.1) is 6.92 Å². The average molecular weight is 512 g/mol. The van der Waals surface area contributed by atoms with Crippen LogP contribution in [0.15, 0.2) is 65.2 Å². The van der Waals surface area contributed by atoms with Crippen molar-refractivity contribution in [2.75, 3.05) is 31.5 Å². The van der Waals surface area contributed by atoms with Crippen LogP contribution in [-0.4, -0.2) is 62.1 Å². The molecule has 0 spiro atoms. The fraction of sp³-hybridized carbons (Fsp3) is 0.345. The molecule has 0 radical (unpaired) electrons. The molecular weight excluding hydrogens is 478 g/mol. The quantitative estimate of drug-likeness (QED) is 0.325. The van der Waals surface area contributed by atoms with Gasteiger partial charge in [-0.05, 0) is 37.1 Å². The molecule has 1 fully saturated rings. The van der Waals surface area contributed by atoms with Gasteiger partial charge >= 0.3 is 0 Å². The van der Waals surface area contributed by atoms with E-state index in [1.165, 1.54) is 0 Å². The van der Waals surface area contributed by atoms with E-state index in [-0.39, 0.29) is 5.91 Å². The van der Waals surface area contributed by atoms with Crippen LogP contribution in [0.4, 0.5) is 5.95 Å². The van der Waals surface area contributed by atoms with Crippen LogP contribution >= 0.6 is 0 Å². The number of anilines is 1. The predicted molar refractivity (Wildman–Crippen MR) is 148 cm³/mol. The number of carbonyl (C=O) groups is 1. The Kier molecular flexibility index (Phi) is 6.59. The van der Waals surface area contributed by atoms with E-state index < -0.39 is 0 Å². The summed E-state index contributed by atoms with van der Waals surface area (Å²) in [5.41, 5.74) is 3.79. The highest BCUT2D eigenvalue weighted by Gasteiger charge is 2.22. The number of aryl methyl sites for hydroxylation is 2. The summed E-state index contributed by atoms with van der Waals surface area (Å²) >= 11 is 0. The van der Waals surface area contributed by atoms with Crippen LogP contribution in [0.1, 0.15) is 35.0 Å². The Labute approximate surface area is 221 Å². The molecule has 9 heteroatoms. The van der Waals surface area contributed by atoms with Gasteiger partial charge in [-0.25, -0.2) is 9.97 Å². The number of hydrogen-bond donors (Lipinski definition) is 2. The number of para-hydroxylation sites is 3. The van der Waals surface area contributed by atoms with Crippen LogP contribution in [0.5, 0.6) is 0 Å².